The molecule has 0 spiro atoms. The Kier molecular flexibility index (Phi) is 6.09. The van der Waals surface area contributed by atoms with Gasteiger partial charge in [0.2, 0.25) is 11.8 Å². The largest absolute Gasteiger partial charge is 0.388 e. The molecule has 2 heterocycles. The molecule has 2 amide bonds. The minimum atomic E-state index is -1.87. The van der Waals surface area contributed by atoms with Gasteiger partial charge in [0.15, 0.2) is 6.17 Å². The number of benzene rings is 1. The quantitative estimate of drug-likeness (QED) is 0.617. The number of carbonyl (C=O) groups excluding carboxylic acids is 2. The van der Waals surface area contributed by atoms with Crippen LogP contribution in [0.4, 0.5) is 4.39 Å². The topological polar surface area (TPSA) is 109 Å². The minimum absolute atomic E-state index is 0.252. The molecule has 0 bridgehead atoms. The highest BCUT2D eigenvalue weighted by Gasteiger charge is 2.53. The number of hydrogen-bond donors (Lipinski definition) is 3. The molecule has 4 rings (SSSR count). The summed E-state index contributed by atoms with van der Waals surface area (Å²) in [6.45, 7) is 7.13. The van der Waals surface area contributed by atoms with E-state index in [1.54, 1.807) is 32.1 Å². The van der Waals surface area contributed by atoms with E-state index in [1.807, 2.05) is 36.7 Å². The zero-order valence-corrected chi connectivity index (χ0v) is 20.2. The van der Waals surface area contributed by atoms with Crippen molar-refractivity contribution in [3.05, 3.63) is 41.0 Å². The molecule has 1 aromatic heterocycles. The number of aliphatic hydroxyl groups is 1. The minimum Gasteiger partial charge on any atom is -0.388 e. The Hall–Kier alpha value is -2.36. The van der Waals surface area contributed by atoms with Crippen LogP contribution in [0.25, 0.3) is 10.4 Å². The van der Waals surface area contributed by atoms with Gasteiger partial charge in [-0.3, -0.25) is 9.59 Å². The Labute approximate surface area is 197 Å². The first kappa shape index (κ1) is 23.8. The van der Waals surface area contributed by atoms with Crippen molar-refractivity contribution in [2.75, 3.05) is 6.54 Å². The first-order valence-electron chi connectivity index (χ1n) is 11.2. The summed E-state index contributed by atoms with van der Waals surface area (Å²) in [4.78, 5) is 32.7. The number of aromatic nitrogens is 1. The van der Waals surface area contributed by atoms with Gasteiger partial charge in [-0.15, -0.1) is 11.3 Å². The fourth-order valence-electron chi connectivity index (χ4n) is 4.30. The summed E-state index contributed by atoms with van der Waals surface area (Å²) in [6.07, 6.45) is -1.85. The number of thiazole rings is 1. The molecule has 2 aliphatic rings. The SMILES string of the molecule is Cc1ncsc1-c1ccc(C2(NC(=O)[C@@H]3[C@@H](F)[C@@H](O)CN3C(=O)[C@@H](N)C(C)(C)C)CC2)cc1. The lowest BCUT2D eigenvalue weighted by atomic mass is 9.86. The van der Waals surface area contributed by atoms with Crippen LogP contribution in [0, 0.1) is 12.3 Å². The first-order valence-corrected chi connectivity index (χ1v) is 12.0. The van der Waals surface area contributed by atoms with E-state index >= 15 is 0 Å². The van der Waals surface area contributed by atoms with Crippen molar-refractivity contribution in [1.29, 1.82) is 0 Å². The van der Waals surface area contributed by atoms with E-state index in [-0.39, 0.29) is 6.54 Å². The van der Waals surface area contributed by atoms with Crippen LogP contribution in [-0.4, -0.2) is 57.7 Å². The van der Waals surface area contributed by atoms with E-state index in [4.69, 9.17) is 5.73 Å². The van der Waals surface area contributed by atoms with E-state index in [0.717, 1.165) is 39.4 Å². The Balaban J connectivity index is 1.52. The van der Waals surface area contributed by atoms with Gasteiger partial charge >= 0.3 is 0 Å². The van der Waals surface area contributed by atoms with Crippen LogP contribution in [0.5, 0.6) is 0 Å². The van der Waals surface area contributed by atoms with Gasteiger partial charge in [-0.1, -0.05) is 45.0 Å². The van der Waals surface area contributed by atoms with Gasteiger partial charge in [0.25, 0.3) is 0 Å². The average molecular weight is 475 g/mol. The highest BCUT2D eigenvalue weighted by atomic mass is 32.1. The van der Waals surface area contributed by atoms with Crippen LogP contribution >= 0.6 is 11.3 Å². The van der Waals surface area contributed by atoms with Crippen molar-refractivity contribution in [3.63, 3.8) is 0 Å². The second-order valence-corrected chi connectivity index (χ2v) is 11.1. The first-order chi connectivity index (χ1) is 15.4. The molecule has 2 aromatic rings. The summed E-state index contributed by atoms with van der Waals surface area (Å²) in [5.41, 5.74) is 9.70. The zero-order chi connectivity index (χ0) is 24.1. The van der Waals surface area contributed by atoms with Gasteiger partial charge in [0, 0.05) is 0 Å². The highest BCUT2D eigenvalue weighted by Crippen LogP contribution is 2.46. The summed E-state index contributed by atoms with van der Waals surface area (Å²) >= 11 is 1.57. The van der Waals surface area contributed by atoms with Crippen molar-refractivity contribution in [2.45, 2.75) is 70.4 Å². The molecule has 2 fully saturated rings. The molecule has 7 nitrogen and oxygen atoms in total. The Morgan fingerprint density at radius 1 is 1.30 bits per heavy atom. The monoisotopic (exact) mass is 474 g/mol. The number of hydrogen-bond acceptors (Lipinski definition) is 6. The number of amides is 2. The average Bonchev–Trinajstić information content (AvgIpc) is 3.31. The van der Waals surface area contributed by atoms with Gasteiger partial charge in [-0.2, -0.15) is 0 Å². The second-order valence-electron chi connectivity index (χ2n) is 10.2. The van der Waals surface area contributed by atoms with E-state index in [0.29, 0.717) is 0 Å². The van der Waals surface area contributed by atoms with Gasteiger partial charge in [-0.05, 0) is 36.3 Å². The summed E-state index contributed by atoms with van der Waals surface area (Å²) in [5.74, 6) is -1.13. The van der Waals surface area contributed by atoms with E-state index < -0.39 is 47.1 Å². The molecule has 9 heteroatoms. The van der Waals surface area contributed by atoms with Crippen molar-refractivity contribution in [1.82, 2.24) is 15.2 Å². The standard InChI is InChI=1S/C24H31FN4O3S/c1-13-19(33-12-27-13)14-5-7-15(8-6-14)24(9-10-24)28-21(31)18-17(25)16(30)11-29(18)22(32)20(26)23(2,3)4/h5-8,12,16-18,20,30H,9-11,26H2,1-4H3,(H,28,31)/t16-,17-,18-,20+/m0/s1. The molecule has 0 radical (unpaired) electrons. The summed E-state index contributed by atoms with van der Waals surface area (Å²) in [7, 11) is 0. The van der Waals surface area contributed by atoms with Crippen molar-refractivity contribution in [3.8, 4) is 10.4 Å². The molecule has 4 atom stereocenters. The number of nitrogens with two attached hydrogens (primary N) is 1. The third-order valence-electron chi connectivity index (χ3n) is 6.70. The number of nitrogens with one attached hydrogen (secondary N) is 1. The Morgan fingerprint density at radius 3 is 2.45 bits per heavy atom. The van der Waals surface area contributed by atoms with Crippen molar-refractivity contribution in [2.24, 2.45) is 11.1 Å². The fourth-order valence-corrected chi connectivity index (χ4v) is 5.11. The number of likely N-dealkylation sites (tertiary alicyclic amines) is 1. The molecule has 1 saturated heterocycles. The van der Waals surface area contributed by atoms with Crippen LogP contribution in [0.3, 0.4) is 0 Å². The van der Waals surface area contributed by atoms with Crippen LogP contribution in [0.2, 0.25) is 0 Å². The van der Waals surface area contributed by atoms with Crippen LogP contribution in [0.15, 0.2) is 29.8 Å². The molecule has 0 unspecified atom stereocenters. The lowest BCUT2D eigenvalue weighted by Gasteiger charge is -2.33. The third kappa shape index (κ3) is 4.41. The maximum atomic E-state index is 14.9. The fraction of sp³-hybridized carbons (Fsp3) is 0.542. The van der Waals surface area contributed by atoms with Crippen molar-refractivity contribution >= 4 is 23.2 Å². The van der Waals surface area contributed by atoms with Gasteiger partial charge < -0.3 is 21.1 Å². The number of aliphatic hydroxyl groups excluding tert-OH is 1. The smallest absolute Gasteiger partial charge is 0.246 e. The molecule has 1 aliphatic carbocycles. The van der Waals surface area contributed by atoms with E-state index in [9.17, 15) is 19.1 Å². The van der Waals surface area contributed by atoms with Gasteiger partial charge in [-0.25, -0.2) is 9.37 Å². The molecule has 1 aliphatic heterocycles. The lowest BCUT2D eigenvalue weighted by molar-refractivity contribution is -0.142. The van der Waals surface area contributed by atoms with Gasteiger partial charge in [0.1, 0.15) is 12.1 Å². The number of rotatable bonds is 5. The molecule has 4 N–H and O–H groups in total. The van der Waals surface area contributed by atoms with Crippen molar-refractivity contribution < 1.29 is 19.1 Å². The second kappa shape index (κ2) is 8.45. The number of alkyl halides is 1. The normalized spacial score (nSPS) is 25.1. The molecule has 1 aromatic carbocycles. The molecular formula is C24H31FN4O3S. The third-order valence-corrected chi connectivity index (χ3v) is 7.67. The Morgan fingerprint density at radius 2 is 1.94 bits per heavy atom. The highest BCUT2D eigenvalue weighted by molar-refractivity contribution is 7.13. The van der Waals surface area contributed by atoms with E-state index in [2.05, 4.69) is 10.3 Å². The lowest BCUT2D eigenvalue weighted by Crippen LogP contribution is -2.57. The zero-order valence-electron chi connectivity index (χ0n) is 19.3. The van der Waals surface area contributed by atoms with Crippen LogP contribution < -0.4 is 11.1 Å². The molecule has 178 valence electrons. The number of aryl methyl sites for hydroxylation is 1. The van der Waals surface area contributed by atoms with Gasteiger partial charge in [0.05, 0.1) is 34.2 Å². The summed E-state index contributed by atoms with van der Waals surface area (Å²) in [5, 5.41) is 13.1. The van der Waals surface area contributed by atoms with Crippen LogP contribution in [-0.2, 0) is 15.1 Å². The number of halogens is 1. The Bertz CT molecular complexity index is 1040. The number of nitrogens with zero attached hydrogens (tertiary/aromatic N) is 2. The molecular weight excluding hydrogens is 443 g/mol. The maximum absolute atomic E-state index is 14.9. The molecule has 33 heavy (non-hydrogen) atoms. The number of β-amino-alcohol motifs (C(OH)–C–C–N with tert-alkyl or cyclic N) is 1. The predicted octanol–water partition coefficient (Wildman–Crippen LogP) is 2.51. The number of carbonyl (C=O) groups is 2. The maximum Gasteiger partial charge on any atom is 0.246 e. The predicted molar refractivity (Wildman–Crippen MR) is 125 cm³/mol. The van der Waals surface area contributed by atoms with Crippen LogP contribution in [0.1, 0.15) is 44.9 Å². The summed E-state index contributed by atoms with van der Waals surface area (Å²) < 4.78 is 14.9. The molecule has 1 saturated carbocycles. The summed E-state index contributed by atoms with van der Waals surface area (Å²) in [6, 6.07) is 5.61. The van der Waals surface area contributed by atoms with E-state index in [1.165, 1.54) is 0 Å².